The minimum absolute atomic E-state index is 0.213. The maximum atomic E-state index is 5.36. The average molecular weight is 377 g/mol. The highest BCUT2D eigenvalue weighted by molar-refractivity contribution is 7.80. The number of ether oxygens (including phenoxy) is 2. The minimum Gasteiger partial charge on any atom is -0.383 e. The molecule has 0 radical (unpaired) electrons. The molecule has 0 spiro atoms. The summed E-state index contributed by atoms with van der Waals surface area (Å²) in [5.74, 6) is 0. The van der Waals surface area contributed by atoms with E-state index in [1.807, 2.05) is 0 Å². The monoisotopic (exact) mass is 376 g/mol. The summed E-state index contributed by atoms with van der Waals surface area (Å²) in [6.45, 7) is 5.39. The van der Waals surface area contributed by atoms with Gasteiger partial charge in [-0.05, 0) is 64.0 Å². The lowest BCUT2D eigenvalue weighted by Crippen LogP contribution is -2.51. The zero-order valence-corrected chi connectivity index (χ0v) is 16.8. The van der Waals surface area contributed by atoms with Gasteiger partial charge in [-0.15, -0.1) is 0 Å². The standard InChI is InChI=1S/C16H32N4O2S2/c1-11(9-21-3)17-15(23)19-13-5-7-14(8-6-13)20-16(24)18-12(2)10-22-4/h11-14H,5-10H2,1-4H3,(H2,17,19,23)(H2,18,20,24). The molecule has 0 aliphatic heterocycles. The van der Waals surface area contributed by atoms with E-state index in [1.165, 1.54) is 0 Å². The predicted octanol–water partition coefficient (Wildman–Crippen LogP) is 1.30. The molecule has 1 aliphatic rings. The van der Waals surface area contributed by atoms with Gasteiger partial charge in [0, 0.05) is 38.4 Å². The van der Waals surface area contributed by atoms with E-state index in [9.17, 15) is 0 Å². The van der Waals surface area contributed by atoms with E-state index in [0.29, 0.717) is 35.5 Å². The summed E-state index contributed by atoms with van der Waals surface area (Å²) in [5.41, 5.74) is 0. The average Bonchev–Trinajstić information content (AvgIpc) is 2.49. The highest BCUT2D eigenvalue weighted by Gasteiger charge is 2.22. The van der Waals surface area contributed by atoms with Crippen molar-refractivity contribution >= 4 is 34.7 Å². The van der Waals surface area contributed by atoms with Crippen LogP contribution < -0.4 is 21.3 Å². The zero-order chi connectivity index (χ0) is 17.9. The predicted molar refractivity (Wildman–Crippen MR) is 106 cm³/mol. The van der Waals surface area contributed by atoms with Crippen molar-refractivity contribution < 1.29 is 9.47 Å². The van der Waals surface area contributed by atoms with Gasteiger partial charge >= 0.3 is 0 Å². The van der Waals surface area contributed by atoms with Crippen LogP contribution in [0.4, 0.5) is 0 Å². The highest BCUT2D eigenvalue weighted by Crippen LogP contribution is 2.18. The first-order valence-electron chi connectivity index (χ1n) is 8.56. The van der Waals surface area contributed by atoms with Gasteiger partial charge in [-0.25, -0.2) is 0 Å². The number of hydrogen-bond donors (Lipinski definition) is 4. The van der Waals surface area contributed by atoms with E-state index < -0.39 is 0 Å². The molecule has 8 heteroatoms. The van der Waals surface area contributed by atoms with Gasteiger partial charge < -0.3 is 30.7 Å². The third-order valence-electron chi connectivity index (χ3n) is 3.99. The summed E-state index contributed by atoms with van der Waals surface area (Å²) in [6, 6.07) is 1.27. The van der Waals surface area contributed by atoms with Crippen LogP contribution in [0.25, 0.3) is 0 Å². The quantitative estimate of drug-likeness (QED) is 0.473. The largest absolute Gasteiger partial charge is 0.383 e. The molecule has 0 bridgehead atoms. The molecule has 6 nitrogen and oxygen atoms in total. The van der Waals surface area contributed by atoms with Crippen LogP contribution in [0.15, 0.2) is 0 Å². The molecule has 1 fully saturated rings. The number of thiocarbonyl (C=S) groups is 2. The molecule has 0 amide bonds. The topological polar surface area (TPSA) is 66.6 Å². The van der Waals surface area contributed by atoms with Gasteiger partial charge in [-0.3, -0.25) is 0 Å². The Morgan fingerprint density at radius 3 is 1.46 bits per heavy atom. The lowest BCUT2D eigenvalue weighted by atomic mass is 9.91. The van der Waals surface area contributed by atoms with E-state index in [-0.39, 0.29) is 12.1 Å². The summed E-state index contributed by atoms with van der Waals surface area (Å²) < 4.78 is 10.2. The Kier molecular flexibility index (Phi) is 10.5. The Bertz CT molecular complexity index is 354. The van der Waals surface area contributed by atoms with Gasteiger partial charge in [0.05, 0.1) is 13.2 Å². The van der Waals surface area contributed by atoms with Gasteiger partial charge in [0.15, 0.2) is 10.2 Å². The number of rotatable bonds is 8. The smallest absolute Gasteiger partial charge is 0.166 e. The van der Waals surface area contributed by atoms with Crippen LogP contribution >= 0.6 is 24.4 Å². The number of hydrogen-bond acceptors (Lipinski definition) is 4. The molecule has 0 saturated heterocycles. The summed E-state index contributed by atoms with van der Waals surface area (Å²) >= 11 is 10.7. The minimum atomic E-state index is 0.213. The van der Waals surface area contributed by atoms with Crippen LogP contribution in [-0.4, -0.2) is 61.8 Å². The molecule has 0 heterocycles. The lowest BCUT2D eigenvalue weighted by molar-refractivity contribution is 0.178. The van der Waals surface area contributed by atoms with Gasteiger partial charge in [0.25, 0.3) is 0 Å². The van der Waals surface area contributed by atoms with Crippen molar-refractivity contribution in [1.29, 1.82) is 0 Å². The molecule has 2 atom stereocenters. The molecule has 1 aliphatic carbocycles. The Labute approximate surface area is 156 Å². The lowest BCUT2D eigenvalue weighted by Gasteiger charge is -2.32. The second-order valence-electron chi connectivity index (χ2n) is 6.50. The first-order valence-corrected chi connectivity index (χ1v) is 9.38. The highest BCUT2D eigenvalue weighted by atomic mass is 32.1. The SMILES string of the molecule is COCC(C)NC(=S)NC1CCC(NC(=S)NC(C)COC)CC1. The van der Waals surface area contributed by atoms with E-state index in [4.69, 9.17) is 33.9 Å². The summed E-state index contributed by atoms with van der Waals surface area (Å²) in [5, 5.41) is 14.7. The van der Waals surface area contributed by atoms with E-state index in [2.05, 4.69) is 35.1 Å². The van der Waals surface area contributed by atoms with Crippen LogP contribution in [0.5, 0.6) is 0 Å². The Morgan fingerprint density at radius 1 is 0.833 bits per heavy atom. The molecular weight excluding hydrogens is 344 g/mol. The molecule has 1 saturated carbocycles. The van der Waals surface area contributed by atoms with E-state index >= 15 is 0 Å². The third-order valence-corrected chi connectivity index (χ3v) is 4.46. The van der Waals surface area contributed by atoms with Crippen molar-refractivity contribution in [3.8, 4) is 0 Å². The van der Waals surface area contributed by atoms with Crippen LogP contribution in [0.3, 0.4) is 0 Å². The van der Waals surface area contributed by atoms with E-state index in [0.717, 1.165) is 25.7 Å². The molecule has 0 aromatic carbocycles. The number of nitrogens with one attached hydrogen (secondary N) is 4. The fourth-order valence-corrected chi connectivity index (χ4v) is 3.60. The Hall–Kier alpha value is -0.700. The van der Waals surface area contributed by atoms with Crippen molar-refractivity contribution in [2.45, 2.75) is 63.7 Å². The molecule has 2 unspecified atom stereocenters. The van der Waals surface area contributed by atoms with E-state index in [1.54, 1.807) is 14.2 Å². The second kappa shape index (κ2) is 11.8. The molecule has 0 aromatic heterocycles. The summed E-state index contributed by atoms with van der Waals surface area (Å²) in [7, 11) is 3.39. The molecule has 140 valence electrons. The normalized spacial score (nSPS) is 23.0. The first-order chi connectivity index (χ1) is 11.4. The van der Waals surface area contributed by atoms with Gasteiger partial charge in [-0.2, -0.15) is 0 Å². The van der Waals surface area contributed by atoms with Crippen molar-refractivity contribution in [2.75, 3.05) is 27.4 Å². The second-order valence-corrected chi connectivity index (χ2v) is 7.31. The molecule has 1 rings (SSSR count). The fourth-order valence-electron chi connectivity index (χ4n) is 2.87. The molecule has 4 N–H and O–H groups in total. The molecule has 24 heavy (non-hydrogen) atoms. The molecular formula is C16H32N4O2S2. The summed E-state index contributed by atoms with van der Waals surface area (Å²) in [4.78, 5) is 0. The summed E-state index contributed by atoms with van der Waals surface area (Å²) in [6.07, 6.45) is 4.31. The van der Waals surface area contributed by atoms with Crippen molar-refractivity contribution in [2.24, 2.45) is 0 Å². The Balaban J connectivity index is 2.21. The fraction of sp³-hybridized carbons (Fsp3) is 0.875. The van der Waals surface area contributed by atoms with Crippen molar-refractivity contribution in [3.63, 3.8) is 0 Å². The van der Waals surface area contributed by atoms with Crippen molar-refractivity contribution in [3.05, 3.63) is 0 Å². The molecule has 0 aromatic rings. The third kappa shape index (κ3) is 8.96. The maximum absolute atomic E-state index is 5.36. The number of methoxy groups -OCH3 is 2. The van der Waals surface area contributed by atoms with Crippen LogP contribution in [-0.2, 0) is 9.47 Å². The first kappa shape index (κ1) is 21.3. The maximum Gasteiger partial charge on any atom is 0.166 e. The zero-order valence-electron chi connectivity index (χ0n) is 15.2. The van der Waals surface area contributed by atoms with Crippen LogP contribution in [0.1, 0.15) is 39.5 Å². The van der Waals surface area contributed by atoms with Gasteiger partial charge in [-0.1, -0.05) is 0 Å². The van der Waals surface area contributed by atoms with Crippen molar-refractivity contribution in [1.82, 2.24) is 21.3 Å². The van der Waals surface area contributed by atoms with Gasteiger partial charge in [0.2, 0.25) is 0 Å². The van der Waals surface area contributed by atoms with Crippen LogP contribution in [0.2, 0.25) is 0 Å². The Morgan fingerprint density at radius 2 is 1.17 bits per heavy atom. The van der Waals surface area contributed by atoms with Crippen LogP contribution in [0, 0.1) is 0 Å². The van der Waals surface area contributed by atoms with Gasteiger partial charge in [0.1, 0.15) is 0 Å².